The molecule has 24 heavy (non-hydrogen) atoms. The lowest BCUT2D eigenvalue weighted by Gasteiger charge is -2.08. The van der Waals surface area contributed by atoms with E-state index >= 15 is 0 Å². The van der Waals surface area contributed by atoms with Crippen molar-refractivity contribution >= 4 is 32.5 Å². The van der Waals surface area contributed by atoms with Gasteiger partial charge in [0.2, 0.25) is 10.0 Å². The van der Waals surface area contributed by atoms with Crippen LogP contribution in [0.25, 0.3) is 10.9 Å². The fourth-order valence-corrected chi connectivity index (χ4v) is 3.77. The van der Waals surface area contributed by atoms with Crippen LogP contribution in [0, 0.1) is 6.92 Å². The number of nitrogens with one attached hydrogen (secondary N) is 3. The molecule has 0 saturated heterocycles. The lowest BCUT2D eigenvalue weighted by atomic mass is 10.1. The average Bonchev–Trinajstić information content (AvgIpc) is 2.81. The van der Waals surface area contributed by atoms with Gasteiger partial charge in [0.05, 0.1) is 5.75 Å². The van der Waals surface area contributed by atoms with Crippen molar-refractivity contribution in [2.45, 2.75) is 46.6 Å². The third-order valence-corrected chi connectivity index (χ3v) is 5.12. The molecule has 132 valence electrons. The Morgan fingerprint density at radius 3 is 2.62 bits per heavy atom. The first-order valence-corrected chi connectivity index (χ1v) is 9.82. The third-order valence-electron chi connectivity index (χ3n) is 3.75. The Balaban J connectivity index is 2.31. The summed E-state index contributed by atoms with van der Waals surface area (Å²) in [7, 11) is -3.34. The van der Waals surface area contributed by atoms with E-state index in [1.165, 1.54) is 0 Å². The molecule has 1 aromatic carbocycles. The minimum Gasteiger partial charge on any atom is -0.350 e. The highest BCUT2D eigenvalue weighted by molar-refractivity contribution is 7.92. The molecule has 0 radical (unpaired) electrons. The molecule has 0 saturated carbocycles. The summed E-state index contributed by atoms with van der Waals surface area (Å²) in [5.41, 5.74) is 2.62. The van der Waals surface area contributed by atoms with Crippen LogP contribution in [-0.2, 0) is 10.0 Å². The largest absolute Gasteiger partial charge is 0.350 e. The first kappa shape index (κ1) is 18.3. The van der Waals surface area contributed by atoms with Gasteiger partial charge in [-0.1, -0.05) is 13.3 Å². The highest BCUT2D eigenvalue weighted by Gasteiger charge is 2.16. The van der Waals surface area contributed by atoms with E-state index < -0.39 is 10.0 Å². The van der Waals surface area contributed by atoms with Crippen LogP contribution in [0.4, 0.5) is 5.69 Å². The van der Waals surface area contributed by atoms with E-state index in [0.717, 1.165) is 22.9 Å². The zero-order valence-electron chi connectivity index (χ0n) is 14.6. The van der Waals surface area contributed by atoms with Crippen molar-refractivity contribution in [2.75, 3.05) is 10.5 Å². The van der Waals surface area contributed by atoms with Gasteiger partial charge in [0.25, 0.3) is 5.91 Å². The SMILES string of the molecule is CCCCS(=O)(=O)Nc1ccc2[nH]c(C(=O)NC(C)C)c(C)c2c1. The summed E-state index contributed by atoms with van der Waals surface area (Å²) in [4.78, 5) is 15.3. The van der Waals surface area contributed by atoms with Crippen LogP contribution >= 0.6 is 0 Å². The number of H-pyrrole nitrogens is 1. The number of anilines is 1. The molecule has 0 bridgehead atoms. The molecule has 0 aliphatic rings. The average molecular weight is 351 g/mol. The van der Waals surface area contributed by atoms with Crippen molar-refractivity contribution in [2.24, 2.45) is 0 Å². The Morgan fingerprint density at radius 1 is 1.29 bits per heavy atom. The highest BCUT2D eigenvalue weighted by atomic mass is 32.2. The number of unbranched alkanes of at least 4 members (excludes halogenated alkanes) is 1. The van der Waals surface area contributed by atoms with Gasteiger partial charge in [0.1, 0.15) is 5.69 Å². The minimum atomic E-state index is -3.34. The first-order valence-electron chi connectivity index (χ1n) is 8.17. The zero-order valence-corrected chi connectivity index (χ0v) is 15.4. The van der Waals surface area contributed by atoms with Crippen LogP contribution in [0.5, 0.6) is 0 Å². The summed E-state index contributed by atoms with van der Waals surface area (Å²) in [5, 5.41) is 3.69. The number of aromatic nitrogens is 1. The van der Waals surface area contributed by atoms with Gasteiger partial charge in [0.15, 0.2) is 0 Å². The number of carbonyl (C=O) groups is 1. The highest BCUT2D eigenvalue weighted by Crippen LogP contribution is 2.25. The van der Waals surface area contributed by atoms with E-state index in [4.69, 9.17) is 0 Å². The Hall–Kier alpha value is -2.02. The lowest BCUT2D eigenvalue weighted by Crippen LogP contribution is -2.30. The fourth-order valence-electron chi connectivity index (χ4n) is 2.52. The van der Waals surface area contributed by atoms with Crippen LogP contribution in [0.1, 0.15) is 49.7 Å². The maximum Gasteiger partial charge on any atom is 0.268 e. The maximum absolute atomic E-state index is 12.2. The van der Waals surface area contributed by atoms with Crippen LogP contribution in [0.15, 0.2) is 18.2 Å². The molecular formula is C17H25N3O3S. The summed E-state index contributed by atoms with van der Waals surface area (Å²) in [5.74, 6) is -0.0563. The van der Waals surface area contributed by atoms with Gasteiger partial charge in [-0.15, -0.1) is 0 Å². The smallest absolute Gasteiger partial charge is 0.268 e. The molecular weight excluding hydrogens is 326 g/mol. The normalized spacial score (nSPS) is 11.9. The molecule has 1 amide bonds. The molecule has 2 rings (SSSR count). The number of aromatic amines is 1. The number of carbonyl (C=O) groups excluding carboxylic acids is 1. The summed E-state index contributed by atoms with van der Waals surface area (Å²) in [6.07, 6.45) is 1.45. The second-order valence-electron chi connectivity index (χ2n) is 6.29. The second kappa shape index (κ2) is 7.25. The van der Waals surface area contributed by atoms with E-state index in [1.807, 2.05) is 27.7 Å². The quantitative estimate of drug-likeness (QED) is 0.715. The Kier molecular flexibility index (Phi) is 5.54. The van der Waals surface area contributed by atoms with Gasteiger partial charge in [0, 0.05) is 22.6 Å². The second-order valence-corrected chi connectivity index (χ2v) is 8.13. The van der Waals surface area contributed by atoms with Gasteiger partial charge >= 0.3 is 0 Å². The van der Waals surface area contributed by atoms with Crippen molar-refractivity contribution < 1.29 is 13.2 Å². The van der Waals surface area contributed by atoms with Crippen molar-refractivity contribution in [1.82, 2.24) is 10.3 Å². The summed E-state index contributed by atoms with van der Waals surface area (Å²) in [6.45, 7) is 7.61. The summed E-state index contributed by atoms with van der Waals surface area (Å²) < 4.78 is 26.7. The number of amides is 1. The number of aryl methyl sites for hydroxylation is 1. The van der Waals surface area contributed by atoms with Gasteiger partial charge in [-0.25, -0.2) is 8.42 Å². The molecule has 6 nitrogen and oxygen atoms in total. The van der Waals surface area contributed by atoms with Crippen molar-refractivity contribution in [3.63, 3.8) is 0 Å². The standard InChI is InChI=1S/C17H25N3O3S/c1-5-6-9-24(22,23)20-13-7-8-15-14(10-13)12(4)16(19-15)17(21)18-11(2)3/h7-8,10-11,19-20H,5-6,9H2,1-4H3,(H,18,21). The van der Waals surface area contributed by atoms with Crippen LogP contribution in [-0.4, -0.2) is 31.1 Å². The Bertz CT molecular complexity index is 838. The van der Waals surface area contributed by atoms with Crippen molar-refractivity contribution in [3.8, 4) is 0 Å². The van der Waals surface area contributed by atoms with E-state index in [1.54, 1.807) is 18.2 Å². The number of rotatable bonds is 7. The minimum absolute atomic E-state index is 0.0456. The molecule has 0 aliphatic heterocycles. The monoisotopic (exact) mass is 351 g/mol. The van der Waals surface area contributed by atoms with Gasteiger partial charge in [-0.2, -0.15) is 0 Å². The number of benzene rings is 1. The molecule has 0 unspecified atom stereocenters. The molecule has 3 N–H and O–H groups in total. The molecule has 1 heterocycles. The Morgan fingerprint density at radius 2 is 2.00 bits per heavy atom. The third kappa shape index (κ3) is 4.29. The van der Waals surface area contributed by atoms with Gasteiger partial charge in [-0.05, 0) is 51.0 Å². The zero-order chi connectivity index (χ0) is 17.9. The van der Waals surface area contributed by atoms with E-state index in [9.17, 15) is 13.2 Å². The first-order chi connectivity index (χ1) is 11.2. The number of hydrogen-bond acceptors (Lipinski definition) is 3. The van der Waals surface area contributed by atoms with Crippen LogP contribution in [0.3, 0.4) is 0 Å². The molecule has 1 aromatic heterocycles. The number of sulfonamides is 1. The van der Waals surface area contributed by atoms with Gasteiger partial charge < -0.3 is 10.3 Å². The molecule has 0 aliphatic carbocycles. The van der Waals surface area contributed by atoms with Crippen molar-refractivity contribution in [3.05, 3.63) is 29.5 Å². The summed E-state index contributed by atoms with van der Waals surface area (Å²) >= 11 is 0. The summed E-state index contributed by atoms with van der Waals surface area (Å²) in [6, 6.07) is 5.29. The van der Waals surface area contributed by atoms with E-state index in [2.05, 4.69) is 15.0 Å². The molecule has 0 spiro atoms. The number of hydrogen-bond donors (Lipinski definition) is 3. The Labute approximate surface area is 143 Å². The number of fused-ring (bicyclic) bond motifs is 1. The van der Waals surface area contributed by atoms with E-state index in [-0.39, 0.29) is 17.7 Å². The van der Waals surface area contributed by atoms with Crippen LogP contribution < -0.4 is 10.0 Å². The molecule has 2 aromatic rings. The molecule has 7 heteroatoms. The van der Waals surface area contributed by atoms with Gasteiger partial charge in [-0.3, -0.25) is 9.52 Å². The fraction of sp³-hybridized carbons (Fsp3) is 0.471. The van der Waals surface area contributed by atoms with Crippen LogP contribution in [0.2, 0.25) is 0 Å². The lowest BCUT2D eigenvalue weighted by molar-refractivity contribution is 0.0938. The molecule has 0 atom stereocenters. The topological polar surface area (TPSA) is 91.1 Å². The van der Waals surface area contributed by atoms with Crippen molar-refractivity contribution in [1.29, 1.82) is 0 Å². The predicted octanol–water partition coefficient (Wildman–Crippen LogP) is 3.16. The predicted molar refractivity (Wildman–Crippen MR) is 98.0 cm³/mol. The maximum atomic E-state index is 12.2. The van der Waals surface area contributed by atoms with E-state index in [0.29, 0.717) is 17.8 Å². The molecule has 0 fully saturated rings.